The Hall–Kier alpha value is -1.14. The van der Waals surface area contributed by atoms with Gasteiger partial charge < -0.3 is 20.7 Å². The number of carbonyl (C=O) groups is 2. The van der Waals surface area contributed by atoms with Gasteiger partial charge in [-0.25, -0.2) is 0 Å². The molecule has 1 saturated heterocycles. The van der Waals surface area contributed by atoms with Gasteiger partial charge in [0.15, 0.2) is 0 Å². The summed E-state index contributed by atoms with van der Waals surface area (Å²) < 4.78 is 5.57. The second-order valence-electron chi connectivity index (χ2n) is 4.49. The van der Waals surface area contributed by atoms with Crippen LogP contribution in [-0.4, -0.2) is 55.6 Å². The molecule has 1 rings (SSSR count). The molecule has 0 aromatic carbocycles. The smallest absolute Gasteiger partial charge is 0.252 e. The molecule has 0 radical (unpaired) electrons. The molecule has 104 valence electrons. The normalized spacial score (nSPS) is 22.8. The highest BCUT2D eigenvalue weighted by Crippen LogP contribution is 2.20. The van der Waals surface area contributed by atoms with Gasteiger partial charge >= 0.3 is 0 Å². The van der Waals surface area contributed by atoms with E-state index in [1.54, 1.807) is 11.9 Å². The maximum atomic E-state index is 12.2. The Balaban J connectivity index is 2.56. The van der Waals surface area contributed by atoms with Gasteiger partial charge in [0.05, 0.1) is 12.6 Å². The van der Waals surface area contributed by atoms with Crippen molar-refractivity contribution < 1.29 is 14.3 Å². The molecule has 0 aromatic rings. The van der Waals surface area contributed by atoms with Crippen LogP contribution in [0.2, 0.25) is 0 Å². The molecule has 2 unspecified atom stereocenters. The van der Waals surface area contributed by atoms with Crippen LogP contribution in [-0.2, 0) is 14.3 Å². The van der Waals surface area contributed by atoms with Crippen LogP contribution in [0.1, 0.15) is 26.2 Å². The van der Waals surface area contributed by atoms with Crippen LogP contribution in [0.25, 0.3) is 0 Å². The highest BCUT2D eigenvalue weighted by Gasteiger charge is 2.33. The summed E-state index contributed by atoms with van der Waals surface area (Å²) in [6, 6.07) is 0. The molecule has 1 aliphatic rings. The quantitative estimate of drug-likeness (QED) is 0.670. The number of likely N-dealkylation sites (N-methyl/N-ethyl adjacent to an activating group) is 1. The van der Waals surface area contributed by atoms with Gasteiger partial charge in [0.25, 0.3) is 5.91 Å². The van der Waals surface area contributed by atoms with E-state index in [9.17, 15) is 9.59 Å². The number of rotatable bonds is 6. The number of nitrogens with one attached hydrogen (secondary N) is 1. The summed E-state index contributed by atoms with van der Waals surface area (Å²) in [5, 5.41) is 2.53. The predicted molar refractivity (Wildman–Crippen MR) is 67.9 cm³/mol. The zero-order chi connectivity index (χ0) is 13.5. The van der Waals surface area contributed by atoms with Crippen LogP contribution < -0.4 is 11.1 Å². The van der Waals surface area contributed by atoms with Crippen LogP contribution in [0.5, 0.6) is 0 Å². The summed E-state index contributed by atoms with van der Waals surface area (Å²) in [6.07, 6.45) is 1.86. The van der Waals surface area contributed by atoms with Gasteiger partial charge in [-0.05, 0) is 19.3 Å². The average molecular weight is 257 g/mol. The largest absolute Gasteiger partial charge is 0.364 e. The molecule has 0 aliphatic carbocycles. The Kier molecular flexibility index (Phi) is 6.07. The summed E-state index contributed by atoms with van der Waals surface area (Å²) >= 11 is 0. The minimum absolute atomic E-state index is 0.0255. The highest BCUT2D eigenvalue weighted by atomic mass is 16.5. The lowest BCUT2D eigenvalue weighted by molar-refractivity contribution is -0.145. The molecule has 0 spiro atoms. The number of amides is 2. The third kappa shape index (κ3) is 3.96. The SMILES string of the molecule is CCCN(CC(=O)NC)C(=O)C1CCC(CN)O1. The fourth-order valence-electron chi connectivity index (χ4n) is 2.05. The molecule has 1 fully saturated rings. The molecule has 2 atom stereocenters. The van der Waals surface area contributed by atoms with E-state index in [4.69, 9.17) is 10.5 Å². The first kappa shape index (κ1) is 14.9. The molecule has 6 nitrogen and oxygen atoms in total. The van der Waals surface area contributed by atoms with Gasteiger partial charge in [0.1, 0.15) is 6.10 Å². The molecular weight excluding hydrogens is 234 g/mol. The first-order chi connectivity index (χ1) is 8.62. The zero-order valence-electron chi connectivity index (χ0n) is 11.1. The van der Waals surface area contributed by atoms with Crippen LogP contribution in [0.15, 0.2) is 0 Å². The number of hydrogen-bond acceptors (Lipinski definition) is 4. The minimum atomic E-state index is -0.435. The molecule has 3 N–H and O–H groups in total. The van der Waals surface area contributed by atoms with Crippen molar-refractivity contribution in [2.45, 2.75) is 38.4 Å². The van der Waals surface area contributed by atoms with Gasteiger partial charge in [-0.1, -0.05) is 6.92 Å². The lowest BCUT2D eigenvalue weighted by atomic mass is 10.1. The van der Waals surface area contributed by atoms with Crippen molar-refractivity contribution in [3.8, 4) is 0 Å². The van der Waals surface area contributed by atoms with Crippen molar-refractivity contribution >= 4 is 11.8 Å². The van der Waals surface area contributed by atoms with Crippen molar-refractivity contribution in [3.05, 3.63) is 0 Å². The van der Waals surface area contributed by atoms with Crippen molar-refractivity contribution in [1.82, 2.24) is 10.2 Å². The third-order valence-electron chi connectivity index (χ3n) is 3.06. The molecule has 0 aromatic heterocycles. The standard InChI is InChI=1S/C12H23N3O3/c1-3-6-15(8-11(16)14-2)12(17)10-5-4-9(7-13)18-10/h9-10H,3-8,13H2,1-2H3,(H,14,16). The predicted octanol–water partition coefficient (Wildman–Crippen LogP) is -0.523. The highest BCUT2D eigenvalue weighted by molar-refractivity contribution is 5.87. The van der Waals surface area contributed by atoms with Gasteiger partial charge in [-0.15, -0.1) is 0 Å². The Labute approximate surface area is 108 Å². The lowest BCUT2D eigenvalue weighted by Crippen LogP contribution is -2.45. The van der Waals surface area contributed by atoms with Crippen LogP contribution in [0.3, 0.4) is 0 Å². The van der Waals surface area contributed by atoms with Crippen LogP contribution >= 0.6 is 0 Å². The minimum Gasteiger partial charge on any atom is -0.364 e. The van der Waals surface area contributed by atoms with E-state index in [0.717, 1.165) is 12.8 Å². The molecule has 18 heavy (non-hydrogen) atoms. The summed E-state index contributed by atoms with van der Waals surface area (Å²) in [4.78, 5) is 25.2. The molecule has 0 saturated carbocycles. The number of carbonyl (C=O) groups excluding carboxylic acids is 2. The zero-order valence-corrected chi connectivity index (χ0v) is 11.1. The Morgan fingerprint density at radius 2 is 2.17 bits per heavy atom. The lowest BCUT2D eigenvalue weighted by Gasteiger charge is -2.24. The monoisotopic (exact) mass is 257 g/mol. The molecule has 6 heteroatoms. The molecule has 0 bridgehead atoms. The maximum Gasteiger partial charge on any atom is 0.252 e. The van der Waals surface area contributed by atoms with E-state index in [1.807, 2.05) is 6.92 Å². The molecular formula is C12H23N3O3. The second-order valence-corrected chi connectivity index (χ2v) is 4.49. The Morgan fingerprint density at radius 3 is 2.67 bits per heavy atom. The molecule has 1 heterocycles. The van der Waals surface area contributed by atoms with Crippen molar-refractivity contribution in [3.63, 3.8) is 0 Å². The van der Waals surface area contributed by atoms with E-state index in [1.165, 1.54) is 0 Å². The summed E-state index contributed by atoms with van der Waals surface area (Å²) in [6.45, 7) is 3.07. The van der Waals surface area contributed by atoms with Crippen molar-refractivity contribution in [2.75, 3.05) is 26.7 Å². The number of nitrogens with zero attached hydrogens (tertiary/aromatic N) is 1. The van der Waals surface area contributed by atoms with Crippen LogP contribution in [0, 0.1) is 0 Å². The van der Waals surface area contributed by atoms with Gasteiger partial charge in [-0.2, -0.15) is 0 Å². The average Bonchev–Trinajstić information content (AvgIpc) is 2.85. The topological polar surface area (TPSA) is 84.7 Å². The Morgan fingerprint density at radius 1 is 1.44 bits per heavy atom. The fraction of sp³-hybridized carbons (Fsp3) is 0.833. The van der Waals surface area contributed by atoms with Gasteiger partial charge in [0, 0.05) is 20.1 Å². The van der Waals surface area contributed by atoms with Crippen molar-refractivity contribution in [1.29, 1.82) is 0 Å². The Bertz CT molecular complexity index is 296. The van der Waals surface area contributed by atoms with E-state index >= 15 is 0 Å². The summed E-state index contributed by atoms with van der Waals surface area (Å²) in [5.41, 5.74) is 5.52. The molecule has 2 amide bonds. The van der Waals surface area contributed by atoms with Gasteiger partial charge in [0.2, 0.25) is 5.91 Å². The first-order valence-electron chi connectivity index (χ1n) is 6.47. The second kappa shape index (κ2) is 7.33. The summed E-state index contributed by atoms with van der Waals surface area (Å²) in [5.74, 6) is -0.262. The number of nitrogens with two attached hydrogens (primary N) is 1. The van der Waals surface area contributed by atoms with E-state index in [-0.39, 0.29) is 24.5 Å². The fourth-order valence-corrected chi connectivity index (χ4v) is 2.05. The van der Waals surface area contributed by atoms with Gasteiger partial charge in [-0.3, -0.25) is 9.59 Å². The van der Waals surface area contributed by atoms with Crippen molar-refractivity contribution in [2.24, 2.45) is 5.73 Å². The summed E-state index contributed by atoms with van der Waals surface area (Å²) in [7, 11) is 1.56. The van der Waals surface area contributed by atoms with E-state index < -0.39 is 6.10 Å². The van der Waals surface area contributed by atoms with E-state index in [0.29, 0.717) is 19.5 Å². The molecule has 1 aliphatic heterocycles. The third-order valence-corrected chi connectivity index (χ3v) is 3.06. The first-order valence-corrected chi connectivity index (χ1v) is 6.47. The number of ether oxygens (including phenoxy) is 1. The van der Waals surface area contributed by atoms with E-state index in [2.05, 4.69) is 5.32 Å². The maximum absolute atomic E-state index is 12.2. The number of hydrogen-bond donors (Lipinski definition) is 2. The van der Waals surface area contributed by atoms with Crippen LogP contribution in [0.4, 0.5) is 0 Å².